The molecular formula is C33H28N2O3. The number of anilines is 1. The molecule has 0 saturated carbocycles. The summed E-state index contributed by atoms with van der Waals surface area (Å²) in [6, 6.07) is 34.2. The number of esters is 1. The highest BCUT2D eigenvalue weighted by Crippen LogP contribution is 2.27. The summed E-state index contributed by atoms with van der Waals surface area (Å²) in [6.45, 7) is 4.53. The number of ether oxygens (including phenoxy) is 1. The Labute approximate surface area is 222 Å². The van der Waals surface area contributed by atoms with Gasteiger partial charge in [-0.2, -0.15) is 0 Å². The summed E-state index contributed by atoms with van der Waals surface area (Å²) in [5.74, 6) is 0.247. The Morgan fingerprint density at radius 2 is 1.55 bits per heavy atom. The lowest BCUT2D eigenvalue weighted by Crippen LogP contribution is -2.14. The summed E-state index contributed by atoms with van der Waals surface area (Å²) in [4.78, 5) is 30.4. The van der Waals surface area contributed by atoms with Crippen LogP contribution in [0.25, 0.3) is 22.0 Å². The predicted molar refractivity (Wildman–Crippen MR) is 151 cm³/mol. The summed E-state index contributed by atoms with van der Waals surface area (Å²) >= 11 is 0. The molecule has 38 heavy (non-hydrogen) atoms. The zero-order chi connectivity index (χ0) is 26.5. The second-order valence-electron chi connectivity index (χ2n) is 9.44. The lowest BCUT2D eigenvalue weighted by molar-refractivity contribution is 0.0473. The average Bonchev–Trinajstić information content (AvgIpc) is 2.96. The Bertz CT molecular complexity index is 1590. The quantitative estimate of drug-likeness (QED) is 0.233. The molecule has 1 N–H and O–H groups in total. The van der Waals surface area contributed by atoms with E-state index in [-0.39, 0.29) is 12.5 Å². The third kappa shape index (κ3) is 5.62. The van der Waals surface area contributed by atoms with Crippen LogP contribution in [0.15, 0.2) is 109 Å². The molecule has 0 saturated heterocycles. The van der Waals surface area contributed by atoms with E-state index in [4.69, 9.17) is 4.74 Å². The normalized spacial score (nSPS) is 10.9. The highest BCUT2D eigenvalue weighted by Gasteiger charge is 2.15. The van der Waals surface area contributed by atoms with E-state index < -0.39 is 5.97 Å². The highest BCUT2D eigenvalue weighted by atomic mass is 16.5. The Kier molecular flexibility index (Phi) is 7.27. The van der Waals surface area contributed by atoms with Crippen LogP contribution in [-0.4, -0.2) is 16.9 Å². The fourth-order valence-electron chi connectivity index (χ4n) is 4.29. The van der Waals surface area contributed by atoms with Crippen molar-refractivity contribution >= 4 is 28.6 Å². The minimum atomic E-state index is -0.397. The van der Waals surface area contributed by atoms with Crippen molar-refractivity contribution in [3.05, 3.63) is 131 Å². The summed E-state index contributed by atoms with van der Waals surface area (Å²) in [7, 11) is 0. The number of nitrogens with one attached hydrogen (secondary N) is 1. The molecule has 0 aliphatic heterocycles. The molecule has 0 bridgehead atoms. The molecule has 0 atom stereocenters. The number of pyridine rings is 1. The lowest BCUT2D eigenvalue weighted by atomic mass is 9.96. The van der Waals surface area contributed by atoms with Crippen molar-refractivity contribution in [3.8, 4) is 11.1 Å². The van der Waals surface area contributed by atoms with Crippen LogP contribution in [0.5, 0.6) is 0 Å². The first-order chi connectivity index (χ1) is 18.5. The van der Waals surface area contributed by atoms with Gasteiger partial charge in [0.15, 0.2) is 0 Å². The van der Waals surface area contributed by atoms with Crippen molar-refractivity contribution in [3.63, 3.8) is 0 Å². The molecule has 0 unspecified atom stereocenters. The topological polar surface area (TPSA) is 68.3 Å². The van der Waals surface area contributed by atoms with Gasteiger partial charge in [-0.25, -0.2) is 9.78 Å². The number of hydrogen-bond acceptors (Lipinski definition) is 4. The maximum absolute atomic E-state index is 13.2. The number of benzene rings is 4. The molecule has 1 amide bonds. The van der Waals surface area contributed by atoms with Gasteiger partial charge in [0.2, 0.25) is 0 Å². The molecule has 4 aromatic carbocycles. The summed E-state index contributed by atoms with van der Waals surface area (Å²) in [6.07, 6.45) is 0. The molecule has 5 rings (SSSR count). The molecule has 1 heterocycles. The molecule has 0 radical (unpaired) electrons. The molecule has 5 aromatic rings. The smallest absolute Gasteiger partial charge is 0.338 e. The molecule has 0 aliphatic carbocycles. The number of carbonyl (C=O) groups is 2. The summed E-state index contributed by atoms with van der Waals surface area (Å²) in [5.41, 5.74) is 5.71. The first-order valence-electron chi connectivity index (χ1n) is 12.6. The van der Waals surface area contributed by atoms with Crippen molar-refractivity contribution in [1.82, 2.24) is 4.98 Å². The zero-order valence-corrected chi connectivity index (χ0v) is 21.3. The molecular weight excluding hydrogens is 472 g/mol. The molecule has 0 fully saturated rings. The second kappa shape index (κ2) is 11.1. The van der Waals surface area contributed by atoms with Gasteiger partial charge in [0.05, 0.1) is 11.1 Å². The van der Waals surface area contributed by atoms with Crippen molar-refractivity contribution < 1.29 is 14.3 Å². The number of hydrogen-bond donors (Lipinski definition) is 1. The van der Waals surface area contributed by atoms with Crippen molar-refractivity contribution in [2.75, 3.05) is 5.32 Å². The Morgan fingerprint density at radius 3 is 2.32 bits per heavy atom. The lowest BCUT2D eigenvalue weighted by Gasteiger charge is -2.12. The van der Waals surface area contributed by atoms with Crippen LogP contribution in [0.1, 0.15) is 51.6 Å². The third-order valence-corrected chi connectivity index (χ3v) is 6.44. The first kappa shape index (κ1) is 24.9. The molecule has 0 spiro atoms. The minimum Gasteiger partial charge on any atom is -0.457 e. The monoisotopic (exact) mass is 500 g/mol. The number of fused-ring (bicyclic) bond motifs is 1. The first-order valence-corrected chi connectivity index (χ1v) is 12.6. The van der Waals surface area contributed by atoms with Crippen LogP contribution >= 0.6 is 0 Å². The van der Waals surface area contributed by atoms with Gasteiger partial charge in [-0.1, -0.05) is 86.6 Å². The average molecular weight is 501 g/mol. The predicted octanol–water partition coefficient (Wildman–Crippen LogP) is 7.63. The van der Waals surface area contributed by atoms with E-state index >= 15 is 0 Å². The van der Waals surface area contributed by atoms with Gasteiger partial charge in [-0.15, -0.1) is 0 Å². The van der Waals surface area contributed by atoms with Gasteiger partial charge in [-0.05, 0) is 64.6 Å². The van der Waals surface area contributed by atoms with Gasteiger partial charge in [0.25, 0.3) is 5.91 Å². The minimum absolute atomic E-state index is 0.213. The van der Waals surface area contributed by atoms with Gasteiger partial charge < -0.3 is 10.1 Å². The number of amides is 1. The van der Waals surface area contributed by atoms with Crippen LogP contribution in [0.2, 0.25) is 0 Å². The Hall–Kier alpha value is -4.77. The van der Waals surface area contributed by atoms with E-state index in [0.717, 1.165) is 22.1 Å². The van der Waals surface area contributed by atoms with Gasteiger partial charge in [-0.3, -0.25) is 4.79 Å². The van der Waals surface area contributed by atoms with Gasteiger partial charge >= 0.3 is 5.97 Å². The van der Waals surface area contributed by atoms with E-state index in [9.17, 15) is 9.59 Å². The van der Waals surface area contributed by atoms with E-state index in [1.54, 1.807) is 24.3 Å². The van der Waals surface area contributed by atoms with Crippen molar-refractivity contribution in [2.24, 2.45) is 0 Å². The van der Waals surface area contributed by atoms with Crippen LogP contribution in [0.3, 0.4) is 0 Å². The van der Waals surface area contributed by atoms with E-state index in [1.807, 2.05) is 60.7 Å². The third-order valence-electron chi connectivity index (χ3n) is 6.44. The van der Waals surface area contributed by atoms with Crippen LogP contribution in [0, 0.1) is 0 Å². The molecule has 5 nitrogen and oxygen atoms in total. The van der Waals surface area contributed by atoms with Gasteiger partial charge in [0.1, 0.15) is 12.4 Å². The van der Waals surface area contributed by atoms with Gasteiger partial charge in [0, 0.05) is 10.9 Å². The van der Waals surface area contributed by atoms with Crippen LogP contribution in [-0.2, 0) is 11.3 Å². The van der Waals surface area contributed by atoms with E-state index in [1.165, 1.54) is 5.56 Å². The van der Waals surface area contributed by atoms with E-state index in [0.29, 0.717) is 28.4 Å². The standard InChI is InChI=1S/C33H28N2O3/c1-22(2)24-12-14-25(15-13-24)28-10-6-7-11-29(28)32(36)35-31-19-17-26-20-27(16-18-30(26)34-31)33(37)38-21-23-8-4-3-5-9-23/h3-20,22H,21H2,1-2H3,(H,34,35,36). The molecule has 5 heteroatoms. The number of rotatable bonds is 7. The largest absolute Gasteiger partial charge is 0.457 e. The maximum Gasteiger partial charge on any atom is 0.338 e. The summed E-state index contributed by atoms with van der Waals surface area (Å²) < 4.78 is 5.44. The molecule has 1 aromatic heterocycles. The summed E-state index contributed by atoms with van der Waals surface area (Å²) in [5, 5.41) is 3.70. The second-order valence-corrected chi connectivity index (χ2v) is 9.44. The highest BCUT2D eigenvalue weighted by molar-refractivity contribution is 6.08. The molecule has 0 aliphatic rings. The van der Waals surface area contributed by atoms with Crippen LogP contribution in [0.4, 0.5) is 5.82 Å². The number of carbonyl (C=O) groups excluding carboxylic acids is 2. The fraction of sp³-hybridized carbons (Fsp3) is 0.121. The number of aromatic nitrogens is 1. The number of nitrogens with zero attached hydrogens (tertiary/aromatic N) is 1. The molecule has 188 valence electrons. The fourth-order valence-corrected chi connectivity index (χ4v) is 4.29. The zero-order valence-electron chi connectivity index (χ0n) is 21.3. The van der Waals surface area contributed by atoms with Crippen molar-refractivity contribution in [2.45, 2.75) is 26.4 Å². The maximum atomic E-state index is 13.2. The van der Waals surface area contributed by atoms with Crippen LogP contribution < -0.4 is 5.32 Å². The Balaban J connectivity index is 1.31. The Morgan fingerprint density at radius 1 is 0.816 bits per heavy atom. The van der Waals surface area contributed by atoms with E-state index in [2.05, 4.69) is 48.4 Å². The SMILES string of the molecule is CC(C)c1ccc(-c2ccccc2C(=O)Nc2ccc3cc(C(=O)OCc4ccccc4)ccc3n2)cc1. The van der Waals surface area contributed by atoms with Crippen molar-refractivity contribution in [1.29, 1.82) is 0 Å².